The molecule has 0 fully saturated rings. The molecule has 0 radical (unpaired) electrons. The average molecular weight is 392 g/mol. The lowest BCUT2D eigenvalue weighted by Gasteiger charge is -2.08. The molecule has 1 aromatic heterocycles. The van der Waals surface area contributed by atoms with Gasteiger partial charge in [0.2, 0.25) is 0 Å². The Morgan fingerprint density at radius 2 is 2.13 bits per heavy atom. The predicted molar refractivity (Wildman–Crippen MR) is 95.5 cm³/mol. The molecule has 0 aliphatic heterocycles. The third kappa shape index (κ3) is 3.68. The maximum absolute atomic E-state index is 12.1. The second-order valence-electron chi connectivity index (χ2n) is 4.79. The molecule has 5 nitrogen and oxygen atoms in total. The predicted octanol–water partition coefficient (Wildman–Crippen LogP) is 4.98. The van der Waals surface area contributed by atoms with E-state index in [0.29, 0.717) is 11.4 Å². The number of carbonyl (C=O) groups is 1. The Kier molecular flexibility index (Phi) is 4.88. The van der Waals surface area contributed by atoms with Gasteiger partial charge in [0, 0.05) is 9.37 Å². The molecular weight excluding hydrogens is 378 g/mol. The van der Waals surface area contributed by atoms with Gasteiger partial charge in [-0.2, -0.15) is 0 Å². The highest BCUT2D eigenvalue weighted by molar-refractivity contribution is 9.10. The van der Waals surface area contributed by atoms with Crippen molar-refractivity contribution in [1.29, 1.82) is 0 Å². The van der Waals surface area contributed by atoms with E-state index in [1.54, 1.807) is 6.07 Å². The quantitative estimate of drug-likeness (QED) is 0.615. The number of amides is 2. The minimum atomic E-state index is -0.351. The van der Waals surface area contributed by atoms with E-state index in [1.807, 2.05) is 36.4 Å². The van der Waals surface area contributed by atoms with Crippen molar-refractivity contribution in [2.45, 2.75) is 18.2 Å². The molecule has 118 valence electrons. The molecule has 0 bridgehead atoms. The summed E-state index contributed by atoms with van der Waals surface area (Å²) in [6, 6.07) is 13.1. The third-order valence-electron chi connectivity index (χ3n) is 3.27. The fourth-order valence-corrected chi connectivity index (χ4v) is 3.24. The smallest absolute Gasteiger partial charge is 0.330 e. The van der Waals surface area contributed by atoms with Crippen molar-refractivity contribution >= 4 is 50.7 Å². The van der Waals surface area contributed by atoms with E-state index in [1.165, 1.54) is 17.5 Å². The summed E-state index contributed by atoms with van der Waals surface area (Å²) in [5, 5.41) is 7.34. The number of hydrogen-bond acceptors (Lipinski definition) is 4. The average Bonchev–Trinajstić information content (AvgIpc) is 2.95. The first-order chi connectivity index (χ1) is 11.2. The molecule has 2 amide bonds. The topological polar surface area (TPSA) is 67.2 Å². The summed E-state index contributed by atoms with van der Waals surface area (Å²) in [6.45, 7) is 2.08. The summed E-state index contributed by atoms with van der Waals surface area (Å²) >= 11 is 4.67. The number of carbonyl (C=O) groups excluding carboxylic acids is 1. The van der Waals surface area contributed by atoms with Gasteiger partial charge in [0.25, 0.3) is 0 Å². The molecule has 0 spiro atoms. The summed E-state index contributed by atoms with van der Waals surface area (Å²) in [5.74, 6) is 0.392. The van der Waals surface area contributed by atoms with Gasteiger partial charge in [0.1, 0.15) is 0 Å². The first-order valence-electron chi connectivity index (χ1n) is 7.04. The summed E-state index contributed by atoms with van der Waals surface area (Å²) < 4.78 is 8.84. The molecule has 2 N–H and O–H groups in total. The van der Waals surface area contributed by atoms with Crippen LogP contribution >= 0.6 is 27.9 Å². The normalized spacial score (nSPS) is 10.7. The van der Waals surface area contributed by atoms with Crippen LogP contribution in [-0.4, -0.2) is 11.2 Å². The lowest BCUT2D eigenvalue weighted by molar-refractivity contribution is 0.257. The molecule has 7 heteroatoms. The summed E-state index contributed by atoms with van der Waals surface area (Å²) in [7, 11) is 0. The molecule has 23 heavy (non-hydrogen) atoms. The number of nitrogens with zero attached hydrogens (tertiary/aromatic N) is 1. The van der Waals surface area contributed by atoms with E-state index in [-0.39, 0.29) is 6.03 Å². The van der Waals surface area contributed by atoms with Crippen LogP contribution in [-0.2, 0) is 6.42 Å². The van der Waals surface area contributed by atoms with Crippen LogP contribution in [0.4, 0.5) is 10.6 Å². The Hall–Kier alpha value is -1.99. The van der Waals surface area contributed by atoms with Gasteiger partial charge in [0.05, 0.1) is 5.39 Å². The fraction of sp³-hybridized carbons (Fsp3) is 0.125. The van der Waals surface area contributed by atoms with E-state index < -0.39 is 0 Å². The van der Waals surface area contributed by atoms with E-state index in [9.17, 15) is 4.79 Å². The minimum Gasteiger partial charge on any atom is -0.354 e. The first-order valence-corrected chi connectivity index (χ1v) is 8.65. The number of urea groups is 1. The zero-order valence-electron chi connectivity index (χ0n) is 12.3. The number of rotatable bonds is 4. The largest absolute Gasteiger partial charge is 0.354 e. The zero-order chi connectivity index (χ0) is 16.2. The van der Waals surface area contributed by atoms with Crippen LogP contribution in [0.1, 0.15) is 12.5 Å². The second kappa shape index (κ2) is 7.06. The SMILES string of the molecule is CCc1ccccc1SNC(=O)Nc1noc2ccc(Br)cc12. The van der Waals surface area contributed by atoms with Crippen molar-refractivity contribution in [3.8, 4) is 0 Å². The number of aryl methyl sites for hydroxylation is 1. The Balaban J connectivity index is 1.68. The monoisotopic (exact) mass is 391 g/mol. The van der Waals surface area contributed by atoms with Gasteiger partial charge in [-0.3, -0.25) is 10.0 Å². The zero-order valence-corrected chi connectivity index (χ0v) is 14.7. The maximum atomic E-state index is 12.1. The molecule has 1 heterocycles. The van der Waals surface area contributed by atoms with E-state index in [0.717, 1.165) is 21.2 Å². The van der Waals surface area contributed by atoms with E-state index in [4.69, 9.17) is 4.52 Å². The van der Waals surface area contributed by atoms with Crippen LogP contribution in [0.25, 0.3) is 11.0 Å². The highest BCUT2D eigenvalue weighted by atomic mass is 79.9. The van der Waals surface area contributed by atoms with Crippen LogP contribution < -0.4 is 10.0 Å². The molecule has 0 saturated heterocycles. The number of aromatic nitrogens is 1. The number of benzene rings is 2. The molecule has 3 rings (SSSR count). The lowest BCUT2D eigenvalue weighted by Crippen LogP contribution is -2.23. The number of hydrogen-bond donors (Lipinski definition) is 2. The Morgan fingerprint density at radius 1 is 1.30 bits per heavy atom. The van der Waals surface area contributed by atoms with Gasteiger partial charge < -0.3 is 4.52 Å². The van der Waals surface area contributed by atoms with Gasteiger partial charge in [-0.05, 0) is 48.2 Å². The van der Waals surface area contributed by atoms with Gasteiger partial charge in [-0.25, -0.2) is 4.79 Å². The minimum absolute atomic E-state index is 0.351. The van der Waals surface area contributed by atoms with Crippen molar-refractivity contribution in [3.05, 3.63) is 52.5 Å². The number of nitrogens with one attached hydrogen (secondary N) is 2. The number of halogens is 1. The number of fused-ring (bicyclic) bond motifs is 1. The first kappa shape index (κ1) is 15.9. The van der Waals surface area contributed by atoms with Crippen LogP contribution in [0.2, 0.25) is 0 Å². The second-order valence-corrected chi connectivity index (χ2v) is 6.55. The van der Waals surface area contributed by atoms with Crippen LogP contribution in [0.3, 0.4) is 0 Å². The molecular formula is C16H14BrN3O2S. The highest BCUT2D eigenvalue weighted by Crippen LogP contribution is 2.26. The number of anilines is 1. The van der Waals surface area contributed by atoms with Gasteiger partial charge >= 0.3 is 6.03 Å². The summed E-state index contributed by atoms with van der Waals surface area (Å²) in [6.07, 6.45) is 0.911. The third-order valence-corrected chi connectivity index (χ3v) is 4.67. The lowest BCUT2D eigenvalue weighted by atomic mass is 10.2. The Labute approximate surface area is 146 Å². The molecule has 0 saturated carbocycles. The van der Waals surface area contributed by atoms with Crippen LogP contribution in [0.5, 0.6) is 0 Å². The van der Waals surface area contributed by atoms with Crippen molar-refractivity contribution in [1.82, 2.24) is 9.88 Å². The molecule has 0 unspecified atom stereocenters. The summed E-state index contributed by atoms with van der Waals surface area (Å²) in [5.41, 5.74) is 1.81. The Bertz CT molecular complexity index is 850. The van der Waals surface area contributed by atoms with Crippen molar-refractivity contribution in [2.24, 2.45) is 0 Å². The Morgan fingerprint density at radius 3 is 2.96 bits per heavy atom. The molecule has 0 atom stereocenters. The van der Waals surface area contributed by atoms with Gasteiger partial charge in [-0.15, -0.1) is 0 Å². The molecule has 2 aromatic carbocycles. The molecule has 3 aromatic rings. The standard InChI is InChI=1S/C16H14BrN3O2S/c1-2-10-5-3-4-6-14(10)23-20-16(21)18-15-12-9-11(17)7-8-13(12)22-19-15/h3-9H,2H2,1H3,(H2,18,19,20,21). The molecule has 0 aliphatic carbocycles. The fourth-order valence-electron chi connectivity index (χ4n) is 2.13. The maximum Gasteiger partial charge on any atom is 0.330 e. The summed E-state index contributed by atoms with van der Waals surface area (Å²) in [4.78, 5) is 13.1. The van der Waals surface area contributed by atoms with Crippen LogP contribution in [0, 0.1) is 0 Å². The van der Waals surface area contributed by atoms with Gasteiger partial charge in [-0.1, -0.05) is 46.2 Å². The van der Waals surface area contributed by atoms with Crippen molar-refractivity contribution in [3.63, 3.8) is 0 Å². The highest BCUT2D eigenvalue weighted by Gasteiger charge is 2.12. The van der Waals surface area contributed by atoms with E-state index in [2.05, 4.69) is 38.0 Å². The van der Waals surface area contributed by atoms with Gasteiger partial charge in [0.15, 0.2) is 11.4 Å². The van der Waals surface area contributed by atoms with Crippen molar-refractivity contribution in [2.75, 3.05) is 5.32 Å². The van der Waals surface area contributed by atoms with E-state index >= 15 is 0 Å². The van der Waals surface area contributed by atoms with Crippen LogP contribution in [0.15, 0.2) is 56.4 Å². The molecule has 0 aliphatic rings. The van der Waals surface area contributed by atoms with Crippen molar-refractivity contribution < 1.29 is 9.32 Å².